The first-order valence-corrected chi connectivity index (χ1v) is 9.00. The van der Waals surface area contributed by atoms with Crippen LogP contribution in [0.15, 0.2) is 24.3 Å². The van der Waals surface area contributed by atoms with Gasteiger partial charge in [0.05, 0.1) is 11.2 Å². The number of likely N-dealkylation sites (tertiary alicyclic amines) is 1. The second-order valence-electron chi connectivity index (χ2n) is 8.03. The molecule has 0 bridgehead atoms. The monoisotopic (exact) mass is 315 g/mol. The van der Waals surface area contributed by atoms with Crippen LogP contribution >= 0.6 is 0 Å². The quantitative estimate of drug-likeness (QED) is 0.797. The van der Waals surface area contributed by atoms with Gasteiger partial charge in [0.25, 0.3) is 0 Å². The van der Waals surface area contributed by atoms with Crippen LogP contribution in [0.2, 0.25) is 0 Å². The van der Waals surface area contributed by atoms with Crippen molar-refractivity contribution in [1.82, 2.24) is 4.90 Å². The third-order valence-corrected chi connectivity index (χ3v) is 5.88. The molecule has 126 valence electrons. The Morgan fingerprint density at radius 1 is 0.913 bits per heavy atom. The molecule has 1 aromatic carbocycles. The fourth-order valence-corrected chi connectivity index (χ4v) is 3.43. The zero-order chi connectivity index (χ0) is 16.7. The fraction of sp³-hybridized carbons (Fsp3) is 0.684. The Hall–Kier alpha value is -0.835. The van der Waals surface area contributed by atoms with Crippen LogP contribution in [-0.4, -0.2) is 36.3 Å². The van der Waals surface area contributed by atoms with Gasteiger partial charge < -0.3 is 9.31 Å². The normalized spacial score (nSPS) is 25.5. The standard InChI is InChI=1S/C19H30BNO2/c1-15(21-13-7-6-8-14-21)16-9-11-17(12-10-16)20-22-18(2,3)19(4,5)23-20/h9-12,15H,6-8,13-14H2,1-5H3. The summed E-state index contributed by atoms with van der Waals surface area (Å²) in [6.45, 7) is 13.1. The van der Waals surface area contributed by atoms with E-state index in [4.69, 9.17) is 9.31 Å². The van der Waals surface area contributed by atoms with Crippen molar-refractivity contribution in [2.24, 2.45) is 0 Å². The van der Waals surface area contributed by atoms with E-state index in [1.165, 1.54) is 37.9 Å². The Labute approximate surface area is 141 Å². The lowest BCUT2D eigenvalue weighted by molar-refractivity contribution is 0.00578. The van der Waals surface area contributed by atoms with Gasteiger partial charge in [0, 0.05) is 6.04 Å². The zero-order valence-corrected chi connectivity index (χ0v) is 15.3. The summed E-state index contributed by atoms with van der Waals surface area (Å²) in [6.07, 6.45) is 4.04. The van der Waals surface area contributed by atoms with Gasteiger partial charge >= 0.3 is 7.12 Å². The smallest absolute Gasteiger partial charge is 0.399 e. The number of rotatable bonds is 3. The van der Waals surface area contributed by atoms with Gasteiger partial charge in [-0.05, 0) is 71.6 Å². The minimum Gasteiger partial charge on any atom is -0.399 e. The van der Waals surface area contributed by atoms with Crippen LogP contribution in [0.1, 0.15) is 65.5 Å². The van der Waals surface area contributed by atoms with E-state index in [-0.39, 0.29) is 18.3 Å². The molecule has 0 saturated carbocycles. The number of hydrogen-bond acceptors (Lipinski definition) is 3. The van der Waals surface area contributed by atoms with E-state index in [9.17, 15) is 0 Å². The molecule has 0 aromatic heterocycles. The van der Waals surface area contributed by atoms with Crippen molar-refractivity contribution >= 4 is 12.6 Å². The van der Waals surface area contributed by atoms with Crippen LogP contribution in [0.25, 0.3) is 0 Å². The highest BCUT2D eigenvalue weighted by Gasteiger charge is 2.51. The van der Waals surface area contributed by atoms with E-state index in [0.717, 1.165) is 5.46 Å². The average Bonchev–Trinajstić information content (AvgIpc) is 2.76. The third-order valence-electron chi connectivity index (χ3n) is 5.88. The van der Waals surface area contributed by atoms with Crippen LogP contribution in [0.4, 0.5) is 0 Å². The van der Waals surface area contributed by atoms with Crippen LogP contribution in [0.3, 0.4) is 0 Å². The molecule has 4 heteroatoms. The minimum atomic E-state index is -0.280. The van der Waals surface area contributed by atoms with E-state index in [0.29, 0.717) is 6.04 Å². The molecule has 0 radical (unpaired) electrons. The van der Waals surface area contributed by atoms with Gasteiger partial charge in [-0.15, -0.1) is 0 Å². The lowest BCUT2D eigenvalue weighted by atomic mass is 9.78. The summed E-state index contributed by atoms with van der Waals surface area (Å²) in [4.78, 5) is 2.59. The summed E-state index contributed by atoms with van der Waals surface area (Å²) in [5, 5.41) is 0. The maximum Gasteiger partial charge on any atom is 0.494 e. The molecule has 1 aromatic rings. The summed E-state index contributed by atoms with van der Waals surface area (Å²) in [5.41, 5.74) is 1.93. The number of hydrogen-bond donors (Lipinski definition) is 0. The molecule has 1 unspecified atom stereocenters. The lowest BCUT2D eigenvalue weighted by Gasteiger charge is -2.32. The van der Waals surface area contributed by atoms with Gasteiger partial charge in [-0.2, -0.15) is 0 Å². The number of benzene rings is 1. The summed E-state index contributed by atoms with van der Waals surface area (Å²) in [6, 6.07) is 9.29. The highest BCUT2D eigenvalue weighted by molar-refractivity contribution is 6.62. The molecular formula is C19H30BNO2. The van der Waals surface area contributed by atoms with Gasteiger partial charge in [-0.3, -0.25) is 4.90 Å². The molecule has 2 heterocycles. The predicted molar refractivity (Wildman–Crippen MR) is 96.0 cm³/mol. The molecule has 2 aliphatic heterocycles. The predicted octanol–water partition coefficient (Wildman–Crippen LogP) is 3.53. The fourth-order valence-electron chi connectivity index (χ4n) is 3.43. The van der Waals surface area contributed by atoms with E-state index in [2.05, 4.69) is 63.8 Å². The van der Waals surface area contributed by atoms with E-state index in [1.807, 2.05) is 0 Å². The van der Waals surface area contributed by atoms with Crippen molar-refractivity contribution < 1.29 is 9.31 Å². The van der Waals surface area contributed by atoms with Crippen molar-refractivity contribution in [2.75, 3.05) is 13.1 Å². The first-order chi connectivity index (χ1) is 10.8. The molecule has 0 N–H and O–H groups in total. The molecule has 3 rings (SSSR count). The second-order valence-corrected chi connectivity index (χ2v) is 8.03. The molecule has 2 saturated heterocycles. The Kier molecular flexibility index (Phi) is 4.61. The van der Waals surface area contributed by atoms with Crippen molar-refractivity contribution in [3.63, 3.8) is 0 Å². The first-order valence-electron chi connectivity index (χ1n) is 9.00. The molecule has 0 spiro atoms. The minimum absolute atomic E-state index is 0.264. The SMILES string of the molecule is CC(c1ccc(B2OC(C)(C)C(C)(C)O2)cc1)N1CCCCC1. The summed E-state index contributed by atoms with van der Waals surface area (Å²) in [7, 11) is -0.264. The Morgan fingerprint density at radius 2 is 1.43 bits per heavy atom. The van der Waals surface area contributed by atoms with Crippen molar-refractivity contribution in [1.29, 1.82) is 0 Å². The van der Waals surface area contributed by atoms with Gasteiger partial charge in [-0.25, -0.2) is 0 Å². The van der Waals surface area contributed by atoms with E-state index in [1.54, 1.807) is 0 Å². The van der Waals surface area contributed by atoms with Crippen molar-refractivity contribution in [2.45, 2.75) is 71.1 Å². The van der Waals surface area contributed by atoms with Crippen LogP contribution < -0.4 is 5.46 Å². The van der Waals surface area contributed by atoms with Gasteiger partial charge in [0.15, 0.2) is 0 Å². The molecule has 3 nitrogen and oxygen atoms in total. The average molecular weight is 315 g/mol. The van der Waals surface area contributed by atoms with Gasteiger partial charge in [0.2, 0.25) is 0 Å². The first kappa shape index (κ1) is 17.0. The van der Waals surface area contributed by atoms with E-state index >= 15 is 0 Å². The Morgan fingerprint density at radius 3 is 1.96 bits per heavy atom. The Balaban J connectivity index is 1.70. The summed E-state index contributed by atoms with van der Waals surface area (Å²) >= 11 is 0. The molecule has 1 atom stereocenters. The lowest BCUT2D eigenvalue weighted by Crippen LogP contribution is -2.41. The number of piperidine rings is 1. The van der Waals surface area contributed by atoms with Crippen molar-refractivity contribution in [3.05, 3.63) is 29.8 Å². The van der Waals surface area contributed by atoms with Gasteiger partial charge in [0.1, 0.15) is 0 Å². The summed E-state index contributed by atoms with van der Waals surface area (Å²) < 4.78 is 12.3. The van der Waals surface area contributed by atoms with Crippen molar-refractivity contribution in [3.8, 4) is 0 Å². The largest absolute Gasteiger partial charge is 0.494 e. The summed E-state index contributed by atoms with van der Waals surface area (Å²) in [5.74, 6) is 0. The molecule has 2 fully saturated rings. The molecule has 0 amide bonds. The highest BCUT2D eigenvalue weighted by atomic mass is 16.7. The zero-order valence-electron chi connectivity index (χ0n) is 15.3. The van der Waals surface area contributed by atoms with Crippen LogP contribution in [0, 0.1) is 0 Å². The second kappa shape index (κ2) is 6.23. The van der Waals surface area contributed by atoms with Gasteiger partial charge in [-0.1, -0.05) is 30.7 Å². The maximum atomic E-state index is 6.13. The number of nitrogens with zero attached hydrogens (tertiary/aromatic N) is 1. The molecule has 0 aliphatic carbocycles. The third kappa shape index (κ3) is 3.35. The topological polar surface area (TPSA) is 21.7 Å². The molecule has 23 heavy (non-hydrogen) atoms. The van der Waals surface area contributed by atoms with Crippen LogP contribution in [0.5, 0.6) is 0 Å². The maximum absolute atomic E-state index is 6.13. The van der Waals surface area contributed by atoms with Crippen LogP contribution in [-0.2, 0) is 9.31 Å². The Bertz CT molecular complexity index is 519. The molecule has 2 aliphatic rings. The highest BCUT2D eigenvalue weighted by Crippen LogP contribution is 2.36. The molecular weight excluding hydrogens is 285 g/mol. The van der Waals surface area contributed by atoms with E-state index < -0.39 is 0 Å².